The number of ether oxygens (including phenoxy) is 1. The SMILES string of the molecule is CC=CC1c2ccc(CCCCC)cc2OC(C)(C)[C@@H]1C. The van der Waals surface area contributed by atoms with Gasteiger partial charge in [0.1, 0.15) is 11.4 Å². The Kier molecular flexibility index (Phi) is 5.13. The van der Waals surface area contributed by atoms with Crippen molar-refractivity contribution in [2.24, 2.45) is 5.92 Å². The van der Waals surface area contributed by atoms with Crippen LogP contribution in [0.1, 0.15) is 70.9 Å². The fraction of sp³-hybridized carbons (Fsp3) is 0.600. The molecule has 0 fully saturated rings. The van der Waals surface area contributed by atoms with Crippen LogP contribution in [0, 0.1) is 5.92 Å². The van der Waals surface area contributed by atoms with Crippen molar-refractivity contribution >= 4 is 0 Å². The molecule has 0 N–H and O–H groups in total. The number of hydrogen-bond donors (Lipinski definition) is 0. The summed E-state index contributed by atoms with van der Waals surface area (Å²) in [4.78, 5) is 0. The fourth-order valence-corrected chi connectivity index (χ4v) is 3.23. The molecule has 1 aromatic rings. The van der Waals surface area contributed by atoms with Crippen molar-refractivity contribution in [2.45, 2.75) is 71.8 Å². The summed E-state index contributed by atoms with van der Waals surface area (Å²) in [5.74, 6) is 2.03. The third-order valence-corrected chi connectivity index (χ3v) is 4.91. The van der Waals surface area contributed by atoms with Crippen molar-refractivity contribution < 1.29 is 4.74 Å². The summed E-state index contributed by atoms with van der Waals surface area (Å²) in [5.41, 5.74) is 2.64. The van der Waals surface area contributed by atoms with Crippen molar-refractivity contribution in [2.75, 3.05) is 0 Å². The van der Waals surface area contributed by atoms with Crippen molar-refractivity contribution in [1.29, 1.82) is 0 Å². The van der Waals surface area contributed by atoms with E-state index in [1.54, 1.807) is 0 Å². The molecule has 1 nitrogen and oxygen atoms in total. The summed E-state index contributed by atoms with van der Waals surface area (Å²) < 4.78 is 6.32. The fourth-order valence-electron chi connectivity index (χ4n) is 3.23. The molecule has 1 unspecified atom stereocenters. The molecule has 0 amide bonds. The number of fused-ring (bicyclic) bond motifs is 1. The molecule has 0 bridgehead atoms. The summed E-state index contributed by atoms with van der Waals surface area (Å²) in [6.07, 6.45) is 9.51. The largest absolute Gasteiger partial charge is 0.487 e. The quantitative estimate of drug-likeness (QED) is 0.484. The van der Waals surface area contributed by atoms with Crippen LogP contribution in [-0.2, 0) is 6.42 Å². The van der Waals surface area contributed by atoms with E-state index in [9.17, 15) is 0 Å². The van der Waals surface area contributed by atoms with E-state index in [4.69, 9.17) is 4.74 Å². The summed E-state index contributed by atoms with van der Waals surface area (Å²) >= 11 is 0. The van der Waals surface area contributed by atoms with Crippen molar-refractivity contribution in [1.82, 2.24) is 0 Å². The lowest BCUT2D eigenvalue weighted by Gasteiger charge is -2.42. The number of hydrogen-bond acceptors (Lipinski definition) is 1. The molecule has 2 atom stereocenters. The van der Waals surface area contributed by atoms with Crippen LogP contribution in [-0.4, -0.2) is 5.60 Å². The summed E-state index contributed by atoms with van der Waals surface area (Å²) in [5, 5.41) is 0. The van der Waals surface area contributed by atoms with E-state index in [1.165, 1.54) is 30.4 Å². The van der Waals surface area contributed by atoms with Crippen LogP contribution in [0.25, 0.3) is 0 Å². The van der Waals surface area contributed by atoms with E-state index in [1.807, 2.05) is 0 Å². The lowest BCUT2D eigenvalue weighted by atomic mass is 9.75. The second-order valence-electron chi connectivity index (χ2n) is 6.88. The molecule has 1 heteroatoms. The minimum absolute atomic E-state index is 0.112. The van der Waals surface area contributed by atoms with Gasteiger partial charge in [-0.3, -0.25) is 0 Å². The first-order chi connectivity index (χ1) is 9.99. The van der Waals surface area contributed by atoms with Gasteiger partial charge in [0.2, 0.25) is 0 Å². The molecular weight excluding hydrogens is 256 g/mol. The van der Waals surface area contributed by atoms with Crippen LogP contribution in [0.15, 0.2) is 30.4 Å². The Morgan fingerprint density at radius 2 is 2.00 bits per heavy atom. The van der Waals surface area contributed by atoms with Gasteiger partial charge in [-0.25, -0.2) is 0 Å². The minimum atomic E-state index is -0.112. The monoisotopic (exact) mass is 286 g/mol. The molecule has 1 aromatic carbocycles. The molecule has 1 aliphatic rings. The zero-order valence-electron chi connectivity index (χ0n) is 14.3. The maximum absolute atomic E-state index is 6.32. The van der Waals surface area contributed by atoms with Gasteiger partial charge in [-0.05, 0) is 45.2 Å². The average Bonchev–Trinajstić information content (AvgIpc) is 2.44. The Labute approximate surface area is 130 Å². The molecule has 0 aliphatic carbocycles. The summed E-state index contributed by atoms with van der Waals surface area (Å²) in [6, 6.07) is 6.85. The zero-order valence-corrected chi connectivity index (χ0v) is 14.3. The molecule has 0 saturated heterocycles. The Morgan fingerprint density at radius 3 is 2.67 bits per heavy atom. The zero-order chi connectivity index (χ0) is 15.5. The molecule has 0 radical (unpaired) electrons. The number of unbranched alkanes of at least 4 members (excludes halogenated alkanes) is 2. The molecule has 0 aromatic heterocycles. The van der Waals surface area contributed by atoms with Gasteiger partial charge in [-0.1, -0.05) is 51.0 Å². The van der Waals surface area contributed by atoms with Crippen LogP contribution in [0.3, 0.4) is 0 Å². The van der Waals surface area contributed by atoms with E-state index in [2.05, 4.69) is 65.0 Å². The first kappa shape index (κ1) is 16.1. The molecule has 0 spiro atoms. The molecule has 21 heavy (non-hydrogen) atoms. The van der Waals surface area contributed by atoms with Crippen LogP contribution < -0.4 is 4.74 Å². The third-order valence-electron chi connectivity index (χ3n) is 4.91. The van der Waals surface area contributed by atoms with Gasteiger partial charge in [0, 0.05) is 17.4 Å². The normalized spacial score (nSPS) is 23.9. The van der Waals surface area contributed by atoms with Gasteiger partial charge in [0.25, 0.3) is 0 Å². The predicted molar refractivity (Wildman–Crippen MR) is 91.1 cm³/mol. The Balaban J connectivity index is 2.29. The smallest absolute Gasteiger partial charge is 0.124 e. The molecular formula is C20H30O. The van der Waals surface area contributed by atoms with E-state index >= 15 is 0 Å². The van der Waals surface area contributed by atoms with Gasteiger partial charge >= 0.3 is 0 Å². The molecule has 1 heterocycles. The van der Waals surface area contributed by atoms with E-state index in [-0.39, 0.29) is 5.60 Å². The topological polar surface area (TPSA) is 9.23 Å². The highest BCUT2D eigenvalue weighted by molar-refractivity contribution is 5.44. The molecule has 2 rings (SSSR count). The lowest BCUT2D eigenvalue weighted by molar-refractivity contribution is 0.0271. The standard InChI is InChI=1S/C20H30O/c1-6-8-9-11-16-12-13-18-17(10-7-2)15(3)20(4,5)21-19(18)14-16/h7,10,12-15,17H,6,8-9,11H2,1-5H3/t15-,17?/m1/s1. The molecule has 1 aliphatic heterocycles. The maximum atomic E-state index is 6.32. The van der Waals surface area contributed by atoms with Crippen molar-refractivity contribution in [3.63, 3.8) is 0 Å². The Hall–Kier alpha value is -1.24. The van der Waals surface area contributed by atoms with Crippen LogP contribution >= 0.6 is 0 Å². The highest BCUT2D eigenvalue weighted by atomic mass is 16.5. The lowest BCUT2D eigenvalue weighted by Crippen LogP contribution is -2.42. The van der Waals surface area contributed by atoms with Crippen LogP contribution in [0.5, 0.6) is 5.75 Å². The van der Waals surface area contributed by atoms with Crippen molar-refractivity contribution in [3.8, 4) is 5.75 Å². The molecule has 116 valence electrons. The number of rotatable bonds is 5. The van der Waals surface area contributed by atoms with Gasteiger partial charge in [-0.2, -0.15) is 0 Å². The minimum Gasteiger partial charge on any atom is -0.487 e. The summed E-state index contributed by atoms with van der Waals surface area (Å²) in [6.45, 7) is 11.1. The maximum Gasteiger partial charge on any atom is 0.124 e. The second kappa shape index (κ2) is 6.68. The van der Waals surface area contributed by atoms with E-state index < -0.39 is 0 Å². The number of benzene rings is 1. The van der Waals surface area contributed by atoms with Gasteiger partial charge in [0.05, 0.1) is 0 Å². The molecule has 0 saturated carbocycles. The van der Waals surface area contributed by atoms with Crippen LogP contribution in [0.2, 0.25) is 0 Å². The summed E-state index contributed by atoms with van der Waals surface area (Å²) in [7, 11) is 0. The van der Waals surface area contributed by atoms with Gasteiger partial charge < -0.3 is 4.74 Å². The van der Waals surface area contributed by atoms with E-state index in [0.29, 0.717) is 11.8 Å². The Bertz CT molecular complexity index is 499. The van der Waals surface area contributed by atoms with Gasteiger partial charge in [-0.15, -0.1) is 0 Å². The highest BCUT2D eigenvalue weighted by Crippen LogP contribution is 2.45. The van der Waals surface area contributed by atoms with Crippen LogP contribution in [0.4, 0.5) is 0 Å². The highest BCUT2D eigenvalue weighted by Gasteiger charge is 2.39. The first-order valence-corrected chi connectivity index (χ1v) is 8.44. The number of allylic oxidation sites excluding steroid dienone is 2. The predicted octanol–water partition coefficient (Wildman–Crippen LogP) is 5.89. The first-order valence-electron chi connectivity index (χ1n) is 8.44. The average molecular weight is 286 g/mol. The number of aryl methyl sites for hydroxylation is 1. The van der Waals surface area contributed by atoms with Gasteiger partial charge in [0.15, 0.2) is 0 Å². The second-order valence-corrected chi connectivity index (χ2v) is 6.88. The third kappa shape index (κ3) is 3.51. The Morgan fingerprint density at radius 1 is 1.24 bits per heavy atom. The van der Waals surface area contributed by atoms with Crippen molar-refractivity contribution in [3.05, 3.63) is 41.5 Å². The van der Waals surface area contributed by atoms with E-state index in [0.717, 1.165) is 12.2 Å².